The van der Waals surface area contributed by atoms with Gasteiger partial charge in [0.25, 0.3) is 5.91 Å². The number of likely N-dealkylation sites (N-methyl/N-ethyl adjacent to an activating group) is 1. The first-order chi connectivity index (χ1) is 13.0. The summed E-state index contributed by atoms with van der Waals surface area (Å²) in [6, 6.07) is 17.3. The first-order valence-corrected chi connectivity index (χ1v) is 8.55. The van der Waals surface area contributed by atoms with E-state index in [1.165, 1.54) is 4.90 Å². The Hall–Kier alpha value is -3.41. The molecule has 138 valence electrons. The molecule has 0 radical (unpaired) electrons. The molecule has 27 heavy (non-hydrogen) atoms. The van der Waals surface area contributed by atoms with Gasteiger partial charge in [0, 0.05) is 25.9 Å². The maximum Gasteiger partial charge on any atom is 0.342 e. The van der Waals surface area contributed by atoms with Crippen LogP contribution >= 0.6 is 0 Å². The van der Waals surface area contributed by atoms with E-state index in [4.69, 9.17) is 4.74 Å². The number of para-hydroxylation sites is 1. The van der Waals surface area contributed by atoms with Crippen molar-refractivity contribution in [2.24, 2.45) is 0 Å². The number of hydrogen-bond donors (Lipinski definition) is 0. The van der Waals surface area contributed by atoms with E-state index in [-0.39, 0.29) is 12.5 Å². The summed E-state index contributed by atoms with van der Waals surface area (Å²) in [6.45, 7) is 1.67. The molecule has 0 aliphatic carbocycles. The molecule has 6 nitrogen and oxygen atoms in total. The monoisotopic (exact) mass is 363 g/mol. The lowest BCUT2D eigenvalue weighted by Gasteiger charge is -2.10. The maximum absolute atomic E-state index is 12.6. The van der Waals surface area contributed by atoms with Crippen molar-refractivity contribution in [3.05, 3.63) is 71.9 Å². The van der Waals surface area contributed by atoms with Crippen molar-refractivity contribution in [2.45, 2.75) is 6.92 Å². The Morgan fingerprint density at radius 3 is 2.48 bits per heavy atom. The summed E-state index contributed by atoms with van der Waals surface area (Å²) in [4.78, 5) is 25.8. The Labute approximate surface area is 158 Å². The van der Waals surface area contributed by atoms with Gasteiger partial charge in [0.2, 0.25) is 0 Å². The standard InChI is InChI=1S/C21H21N3O3/c1-15-8-7-9-16(12-15)20-18(21(26)27-14-19(25)23(2)3)13-24(22-20)17-10-5-4-6-11-17/h4-13H,14H2,1-3H3. The van der Waals surface area contributed by atoms with Crippen LogP contribution in [0.1, 0.15) is 15.9 Å². The smallest absolute Gasteiger partial charge is 0.342 e. The van der Waals surface area contributed by atoms with Gasteiger partial charge in [-0.15, -0.1) is 0 Å². The number of ether oxygens (including phenoxy) is 1. The molecule has 0 saturated carbocycles. The van der Waals surface area contributed by atoms with Crippen LogP contribution in [0.15, 0.2) is 60.8 Å². The first-order valence-electron chi connectivity index (χ1n) is 8.55. The number of rotatable bonds is 5. The summed E-state index contributed by atoms with van der Waals surface area (Å²) in [7, 11) is 3.23. The normalized spacial score (nSPS) is 10.5. The molecule has 0 spiro atoms. The molecule has 0 aliphatic rings. The van der Waals surface area contributed by atoms with Crippen LogP contribution in [-0.4, -0.2) is 47.3 Å². The number of carbonyl (C=O) groups excluding carboxylic acids is 2. The van der Waals surface area contributed by atoms with E-state index in [0.29, 0.717) is 11.3 Å². The number of esters is 1. The van der Waals surface area contributed by atoms with Crippen LogP contribution in [-0.2, 0) is 9.53 Å². The van der Waals surface area contributed by atoms with Crippen LogP contribution in [0, 0.1) is 6.92 Å². The number of amides is 1. The Balaban J connectivity index is 1.99. The predicted molar refractivity (Wildman–Crippen MR) is 103 cm³/mol. The SMILES string of the molecule is Cc1cccc(-c2nn(-c3ccccc3)cc2C(=O)OCC(=O)N(C)C)c1. The molecule has 3 aromatic rings. The highest BCUT2D eigenvalue weighted by atomic mass is 16.5. The number of hydrogen-bond acceptors (Lipinski definition) is 4. The van der Waals surface area contributed by atoms with Crippen LogP contribution in [0.4, 0.5) is 0 Å². The second-order valence-corrected chi connectivity index (χ2v) is 6.41. The van der Waals surface area contributed by atoms with Crippen LogP contribution in [0.25, 0.3) is 16.9 Å². The van der Waals surface area contributed by atoms with Crippen molar-refractivity contribution in [1.29, 1.82) is 0 Å². The quantitative estimate of drug-likeness (QED) is 0.654. The van der Waals surface area contributed by atoms with Crippen molar-refractivity contribution in [3.8, 4) is 16.9 Å². The molecule has 3 rings (SSSR count). The summed E-state index contributed by atoms with van der Waals surface area (Å²) >= 11 is 0. The third kappa shape index (κ3) is 4.23. The van der Waals surface area contributed by atoms with Crippen molar-refractivity contribution in [2.75, 3.05) is 20.7 Å². The average molecular weight is 363 g/mol. The molecule has 0 unspecified atom stereocenters. The molecule has 0 bridgehead atoms. The summed E-state index contributed by atoms with van der Waals surface area (Å²) in [5.74, 6) is -0.861. The molecule has 1 amide bonds. The van der Waals surface area contributed by atoms with Gasteiger partial charge in [-0.1, -0.05) is 42.0 Å². The summed E-state index contributed by atoms with van der Waals surface area (Å²) in [6.07, 6.45) is 1.63. The van der Waals surface area contributed by atoms with Gasteiger partial charge in [-0.3, -0.25) is 4.79 Å². The fraction of sp³-hybridized carbons (Fsp3) is 0.190. The lowest BCUT2D eigenvalue weighted by molar-refractivity contribution is -0.131. The summed E-state index contributed by atoms with van der Waals surface area (Å²) in [5.41, 5.74) is 3.54. The molecule has 0 atom stereocenters. The highest BCUT2D eigenvalue weighted by Crippen LogP contribution is 2.25. The van der Waals surface area contributed by atoms with Crippen molar-refractivity contribution in [3.63, 3.8) is 0 Å². The highest BCUT2D eigenvalue weighted by molar-refractivity contribution is 5.97. The van der Waals surface area contributed by atoms with E-state index in [2.05, 4.69) is 5.10 Å². The number of aromatic nitrogens is 2. The molecular weight excluding hydrogens is 342 g/mol. The highest BCUT2D eigenvalue weighted by Gasteiger charge is 2.21. The largest absolute Gasteiger partial charge is 0.452 e. The van der Waals surface area contributed by atoms with Gasteiger partial charge >= 0.3 is 5.97 Å². The third-order valence-corrected chi connectivity index (χ3v) is 4.07. The zero-order chi connectivity index (χ0) is 19.4. The second-order valence-electron chi connectivity index (χ2n) is 6.41. The Morgan fingerprint density at radius 1 is 1.07 bits per heavy atom. The zero-order valence-corrected chi connectivity index (χ0v) is 15.5. The van der Waals surface area contributed by atoms with E-state index in [9.17, 15) is 9.59 Å². The average Bonchev–Trinajstić information content (AvgIpc) is 3.12. The van der Waals surface area contributed by atoms with Gasteiger partial charge in [-0.2, -0.15) is 5.10 Å². The van der Waals surface area contributed by atoms with E-state index >= 15 is 0 Å². The topological polar surface area (TPSA) is 64.4 Å². The Bertz CT molecular complexity index is 962. The number of nitrogens with zero attached hydrogens (tertiary/aromatic N) is 3. The molecule has 0 aliphatic heterocycles. The van der Waals surface area contributed by atoms with Crippen molar-refractivity contribution < 1.29 is 14.3 Å². The summed E-state index contributed by atoms with van der Waals surface area (Å²) < 4.78 is 6.85. The van der Waals surface area contributed by atoms with Gasteiger partial charge in [0.05, 0.1) is 5.69 Å². The van der Waals surface area contributed by atoms with Gasteiger partial charge < -0.3 is 9.64 Å². The lowest BCUT2D eigenvalue weighted by Crippen LogP contribution is -2.27. The molecule has 0 fully saturated rings. The number of carbonyl (C=O) groups is 2. The molecule has 6 heteroatoms. The van der Waals surface area contributed by atoms with Crippen LogP contribution in [0.2, 0.25) is 0 Å². The van der Waals surface area contributed by atoms with Gasteiger partial charge in [0.15, 0.2) is 6.61 Å². The molecule has 2 aromatic carbocycles. The fourth-order valence-corrected chi connectivity index (χ4v) is 2.58. The van der Waals surface area contributed by atoms with E-state index in [1.807, 2.05) is 61.5 Å². The maximum atomic E-state index is 12.6. The van der Waals surface area contributed by atoms with Gasteiger partial charge in [-0.05, 0) is 25.1 Å². The van der Waals surface area contributed by atoms with Crippen LogP contribution in [0.5, 0.6) is 0 Å². The van der Waals surface area contributed by atoms with E-state index in [1.54, 1.807) is 25.0 Å². The number of benzene rings is 2. The first kappa shape index (κ1) is 18.4. The minimum atomic E-state index is -0.580. The van der Waals surface area contributed by atoms with E-state index < -0.39 is 5.97 Å². The second kappa shape index (κ2) is 7.86. The lowest BCUT2D eigenvalue weighted by atomic mass is 10.1. The minimum absolute atomic E-state index is 0.282. The molecule has 0 N–H and O–H groups in total. The van der Waals surface area contributed by atoms with E-state index in [0.717, 1.165) is 16.8 Å². The minimum Gasteiger partial charge on any atom is -0.452 e. The van der Waals surface area contributed by atoms with Crippen LogP contribution < -0.4 is 0 Å². The van der Waals surface area contributed by atoms with Crippen LogP contribution in [0.3, 0.4) is 0 Å². The molecule has 1 aromatic heterocycles. The molecule has 0 saturated heterocycles. The van der Waals surface area contributed by atoms with Crippen molar-refractivity contribution in [1.82, 2.24) is 14.7 Å². The van der Waals surface area contributed by atoms with Gasteiger partial charge in [-0.25, -0.2) is 9.48 Å². The zero-order valence-electron chi connectivity index (χ0n) is 15.5. The Kier molecular flexibility index (Phi) is 5.35. The molecular formula is C21H21N3O3. The fourth-order valence-electron chi connectivity index (χ4n) is 2.58. The summed E-state index contributed by atoms with van der Waals surface area (Å²) in [5, 5.41) is 4.60. The number of aryl methyl sites for hydroxylation is 1. The molecule has 1 heterocycles. The van der Waals surface area contributed by atoms with Crippen molar-refractivity contribution >= 4 is 11.9 Å². The predicted octanol–water partition coefficient (Wildman–Crippen LogP) is 3.09. The Morgan fingerprint density at radius 2 is 1.81 bits per heavy atom. The third-order valence-electron chi connectivity index (χ3n) is 4.07. The van der Waals surface area contributed by atoms with Gasteiger partial charge in [0.1, 0.15) is 11.3 Å².